The summed E-state index contributed by atoms with van der Waals surface area (Å²) in [4.78, 5) is 14.6. The highest BCUT2D eigenvalue weighted by molar-refractivity contribution is 7.89. The van der Waals surface area contributed by atoms with Crippen molar-refractivity contribution in [3.63, 3.8) is 0 Å². The van der Waals surface area contributed by atoms with Crippen LogP contribution in [0.25, 0.3) is 11.0 Å². The van der Waals surface area contributed by atoms with Gasteiger partial charge in [-0.1, -0.05) is 6.92 Å². The molecular formula is C18H22N2O4S. The largest absolute Gasteiger partial charge is 0.451 e. The smallest absolute Gasteiger partial charge is 0.289 e. The van der Waals surface area contributed by atoms with Gasteiger partial charge in [0.2, 0.25) is 10.0 Å². The molecule has 2 aliphatic rings. The van der Waals surface area contributed by atoms with Crippen LogP contribution in [0.2, 0.25) is 0 Å². The van der Waals surface area contributed by atoms with E-state index >= 15 is 0 Å². The first-order chi connectivity index (χ1) is 11.9. The van der Waals surface area contributed by atoms with E-state index in [-0.39, 0.29) is 22.6 Å². The molecule has 6 nitrogen and oxygen atoms in total. The van der Waals surface area contributed by atoms with Gasteiger partial charge in [0, 0.05) is 24.5 Å². The van der Waals surface area contributed by atoms with Gasteiger partial charge >= 0.3 is 0 Å². The van der Waals surface area contributed by atoms with E-state index < -0.39 is 10.0 Å². The molecule has 1 saturated heterocycles. The van der Waals surface area contributed by atoms with E-state index in [2.05, 4.69) is 11.6 Å². The summed E-state index contributed by atoms with van der Waals surface area (Å²) in [5.74, 6) is 0.796. The number of sulfonamides is 1. The van der Waals surface area contributed by atoms with Crippen LogP contribution in [-0.2, 0) is 10.0 Å². The Kier molecular flexibility index (Phi) is 4.08. The van der Waals surface area contributed by atoms with Crippen LogP contribution in [0, 0.1) is 5.92 Å². The molecule has 2 heterocycles. The van der Waals surface area contributed by atoms with Crippen molar-refractivity contribution in [1.82, 2.24) is 9.62 Å². The molecule has 0 radical (unpaired) electrons. The summed E-state index contributed by atoms with van der Waals surface area (Å²) in [5.41, 5.74) is 0.527. The molecule has 0 spiro atoms. The predicted octanol–water partition coefficient (Wildman–Crippen LogP) is 2.75. The molecule has 1 aliphatic carbocycles. The van der Waals surface area contributed by atoms with Crippen molar-refractivity contribution in [2.75, 3.05) is 13.1 Å². The van der Waals surface area contributed by atoms with Crippen molar-refractivity contribution < 1.29 is 17.6 Å². The maximum Gasteiger partial charge on any atom is 0.289 e. The second-order valence-corrected chi connectivity index (χ2v) is 8.89. The van der Waals surface area contributed by atoms with Gasteiger partial charge in [0.25, 0.3) is 5.91 Å². The van der Waals surface area contributed by atoms with Crippen LogP contribution in [0.5, 0.6) is 0 Å². The van der Waals surface area contributed by atoms with E-state index in [4.69, 9.17) is 4.42 Å². The van der Waals surface area contributed by atoms with Gasteiger partial charge in [-0.05, 0) is 55.9 Å². The Hall–Kier alpha value is -1.86. The van der Waals surface area contributed by atoms with Crippen molar-refractivity contribution in [2.45, 2.75) is 43.5 Å². The van der Waals surface area contributed by atoms with Crippen LogP contribution in [0.4, 0.5) is 0 Å². The third-order valence-electron chi connectivity index (χ3n) is 4.98. The molecule has 1 amide bonds. The van der Waals surface area contributed by atoms with Crippen LogP contribution in [0.1, 0.15) is 43.2 Å². The third-order valence-corrected chi connectivity index (χ3v) is 6.50. The Morgan fingerprint density at radius 3 is 2.56 bits per heavy atom. The molecule has 0 unspecified atom stereocenters. The Morgan fingerprint density at radius 1 is 1.16 bits per heavy atom. The highest BCUT2D eigenvalue weighted by Crippen LogP contribution is 2.27. The molecule has 0 atom stereocenters. The van der Waals surface area contributed by atoms with Crippen LogP contribution in [-0.4, -0.2) is 38.4 Å². The lowest BCUT2D eigenvalue weighted by Crippen LogP contribution is -2.37. The van der Waals surface area contributed by atoms with Crippen LogP contribution in [0.3, 0.4) is 0 Å². The van der Waals surface area contributed by atoms with Crippen LogP contribution < -0.4 is 4.72 Å². The first kappa shape index (κ1) is 16.6. The molecule has 7 heteroatoms. The molecule has 134 valence electrons. The summed E-state index contributed by atoms with van der Waals surface area (Å²) in [6, 6.07) is 6.41. The monoisotopic (exact) mass is 362 g/mol. The van der Waals surface area contributed by atoms with Crippen LogP contribution in [0.15, 0.2) is 33.6 Å². The zero-order chi connectivity index (χ0) is 17.6. The fourth-order valence-corrected chi connectivity index (χ4v) is 4.49. The lowest BCUT2D eigenvalue weighted by Gasteiger charge is -2.29. The van der Waals surface area contributed by atoms with E-state index in [1.807, 2.05) is 4.90 Å². The Labute approximate surface area is 147 Å². The standard InChI is InChI=1S/C18H22N2O4S/c1-12-6-8-20(9-7-12)18(21)17-11-13-10-15(4-5-16(13)24-17)25(22,23)19-14-2-3-14/h4-5,10-12,14,19H,2-3,6-9H2,1H3. The number of hydrogen-bond donors (Lipinski definition) is 1. The molecule has 1 N–H and O–H groups in total. The minimum Gasteiger partial charge on any atom is -0.451 e. The van der Waals surface area contributed by atoms with Crippen molar-refractivity contribution in [3.05, 3.63) is 30.0 Å². The minimum absolute atomic E-state index is 0.0590. The van der Waals surface area contributed by atoms with Gasteiger partial charge < -0.3 is 9.32 Å². The number of nitrogens with zero attached hydrogens (tertiary/aromatic N) is 1. The Bertz CT molecular complexity index is 906. The highest BCUT2D eigenvalue weighted by Gasteiger charge is 2.29. The lowest BCUT2D eigenvalue weighted by molar-refractivity contribution is 0.0667. The summed E-state index contributed by atoms with van der Waals surface area (Å²) in [6.45, 7) is 3.67. The van der Waals surface area contributed by atoms with Gasteiger partial charge in [-0.25, -0.2) is 13.1 Å². The quantitative estimate of drug-likeness (QED) is 0.907. The van der Waals surface area contributed by atoms with Gasteiger partial charge in [0.15, 0.2) is 5.76 Å². The summed E-state index contributed by atoms with van der Waals surface area (Å²) >= 11 is 0. The average Bonchev–Trinajstić information content (AvgIpc) is 3.28. The second-order valence-electron chi connectivity index (χ2n) is 7.18. The number of furan rings is 1. The SMILES string of the molecule is CC1CCN(C(=O)c2cc3cc(S(=O)(=O)NC4CC4)ccc3o2)CC1. The van der Waals surface area contributed by atoms with Crippen molar-refractivity contribution in [1.29, 1.82) is 0 Å². The van der Waals surface area contributed by atoms with Crippen molar-refractivity contribution in [3.8, 4) is 0 Å². The third kappa shape index (κ3) is 3.43. The number of piperidine rings is 1. The normalized spacial score (nSPS) is 19.5. The summed E-state index contributed by atoms with van der Waals surface area (Å²) in [5, 5.41) is 0.632. The zero-order valence-corrected chi connectivity index (χ0v) is 15.0. The summed E-state index contributed by atoms with van der Waals surface area (Å²) < 4.78 is 33.0. The fourth-order valence-electron chi connectivity index (χ4n) is 3.15. The molecule has 2 aromatic rings. The first-order valence-electron chi connectivity index (χ1n) is 8.77. The van der Waals surface area contributed by atoms with Gasteiger partial charge in [-0.2, -0.15) is 0 Å². The van der Waals surface area contributed by atoms with Gasteiger partial charge in [-0.3, -0.25) is 4.79 Å². The number of rotatable bonds is 4. The number of carbonyl (C=O) groups is 1. The second kappa shape index (κ2) is 6.14. The zero-order valence-electron chi connectivity index (χ0n) is 14.2. The predicted molar refractivity (Wildman–Crippen MR) is 93.9 cm³/mol. The molecular weight excluding hydrogens is 340 g/mol. The summed E-state index contributed by atoms with van der Waals surface area (Å²) in [6.07, 6.45) is 3.78. The van der Waals surface area contributed by atoms with E-state index in [9.17, 15) is 13.2 Å². The van der Waals surface area contributed by atoms with Gasteiger partial charge in [-0.15, -0.1) is 0 Å². The molecule has 25 heavy (non-hydrogen) atoms. The Morgan fingerprint density at radius 2 is 1.88 bits per heavy atom. The topological polar surface area (TPSA) is 79.6 Å². The maximum atomic E-state index is 12.6. The van der Waals surface area contributed by atoms with E-state index in [0.29, 0.717) is 16.9 Å². The maximum absolute atomic E-state index is 12.6. The number of fused-ring (bicyclic) bond motifs is 1. The molecule has 1 aromatic heterocycles. The lowest BCUT2D eigenvalue weighted by atomic mass is 9.99. The number of amides is 1. The van der Waals surface area contributed by atoms with Crippen molar-refractivity contribution in [2.24, 2.45) is 5.92 Å². The van der Waals surface area contributed by atoms with Gasteiger partial charge in [0.1, 0.15) is 5.58 Å². The number of likely N-dealkylation sites (tertiary alicyclic amines) is 1. The molecule has 0 bridgehead atoms. The Balaban J connectivity index is 1.58. The van der Waals surface area contributed by atoms with Crippen molar-refractivity contribution >= 4 is 26.9 Å². The van der Waals surface area contributed by atoms with Crippen LogP contribution >= 0.6 is 0 Å². The average molecular weight is 362 g/mol. The molecule has 1 saturated carbocycles. The summed E-state index contributed by atoms with van der Waals surface area (Å²) in [7, 11) is -3.51. The van der Waals surface area contributed by atoms with E-state index in [1.54, 1.807) is 18.2 Å². The van der Waals surface area contributed by atoms with E-state index in [0.717, 1.165) is 38.8 Å². The minimum atomic E-state index is -3.51. The highest BCUT2D eigenvalue weighted by atomic mass is 32.2. The molecule has 1 aliphatic heterocycles. The fraction of sp³-hybridized carbons (Fsp3) is 0.500. The van der Waals surface area contributed by atoms with E-state index in [1.165, 1.54) is 6.07 Å². The molecule has 1 aromatic carbocycles. The van der Waals surface area contributed by atoms with Gasteiger partial charge in [0.05, 0.1) is 4.90 Å². The number of carbonyl (C=O) groups excluding carboxylic acids is 1. The first-order valence-corrected chi connectivity index (χ1v) is 10.3. The molecule has 4 rings (SSSR count). The molecule has 2 fully saturated rings. The number of hydrogen-bond acceptors (Lipinski definition) is 4. The number of nitrogens with one attached hydrogen (secondary N) is 1. The number of benzene rings is 1.